The van der Waals surface area contributed by atoms with Gasteiger partial charge in [-0.05, 0) is 36.3 Å². The molecule has 5 N–H and O–H groups in total. The predicted molar refractivity (Wildman–Crippen MR) is 130 cm³/mol. The maximum absolute atomic E-state index is 14.7. The molecule has 0 fully saturated rings. The number of anilines is 2. The van der Waals surface area contributed by atoms with Crippen LogP contribution >= 0.6 is 0 Å². The number of rotatable bonds is 4. The molecule has 174 valence electrons. The Balaban J connectivity index is 1.55. The summed E-state index contributed by atoms with van der Waals surface area (Å²) >= 11 is 0. The minimum Gasteiger partial charge on any atom is -0.366 e. The van der Waals surface area contributed by atoms with Gasteiger partial charge in [0.1, 0.15) is 24.3 Å². The van der Waals surface area contributed by atoms with Gasteiger partial charge in [0.15, 0.2) is 0 Å². The topological polar surface area (TPSA) is 91.5 Å². The fraction of sp³-hybridized carbons (Fsp3) is 0.231. The first kappa shape index (κ1) is 21.9. The van der Waals surface area contributed by atoms with Crippen molar-refractivity contribution in [1.29, 1.82) is 0 Å². The average molecular weight is 462 g/mol. The van der Waals surface area contributed by atoms with Crippen molar-refractivity contribution in [3.05, 3.63) is 94.9 Å². The fourth-order valence-electron chi connectivity index (χ4n) is 4.50. The number of allylic oxidation sites excluding steroid dienone is 3. The van der Waals surface area contributed by atoms with Crippen LogP contribution in [0.3, 0.4) is 0 Å². The Bertz CT molecular complexity index is 1240. The Labute approximate surface area is 196 Å². The van der Waals surface area contributed by atoms with E-state index < -0.39 is 30.3 Å². The smallest absolute Gasteiger partial charge is 0.250 e. The lowest BCUT2D eigenvalue weighted by atomic mass is 9.85. The largest absolute Gasteiger partial charge is 0.366 e. The number of benzene rings is 2. The van der Waals surface area contributed by atoms with E-state index in [9.17, 15) is 13.6 Å². The molecule has 4 atom stereocenters. The van der Waals surface area contributed by atoms with Gasteiger partial charge in [0.25, 0.3) is 5.91 Å². The summed E-state index contributed by atoms with van der Waals surface area (Å²) in [5.74, 6) is -0.441. The quantitative estimate of drug-likeness (QED) is 0.505. The van der Waals surface area contributed by atoms with E-state index in [1.807, 2.05) is 36.4 Å². The SMILES string of the molecule is NC(=O)c1ccccc1NC1NC(=C2C=CC=NC2)Nc2cc(C3C=CCC(F)C3F)ccc21. The minimum absolute atomic E-state index is 0.0964. The van der Waals surface area contributed by atoms with Crippen LogP contribution in [0.2, 0.25) is 0 Å². The van der Waals surface area contributed by atoms with E-state index >= 15 is 0 Å². The number of carbonyl (C=O) groups excluding carboxylic acids is 1. The van der Waals surface area contributed by atoms with E-state index in [0.29, 0.717) is 23.4 Å². The van der Waals surface area contributed by atoms with Gasteiger partial charge in [-0.2, -0.15) is 0 Å². The molecule has 0 saturated heterocycles. The monoisotopic (exact) mass is 461 g/mol. The van der Waals surface area contributed by atoms with E-state index in [2.05, 4.69) is 20.9 Å². The highest BCUT2D eigenvalue weighted by Crippen LogP contribution is 2.38. The summed E-state index contributed by atoms with van der Waals surface area (Å²) < 4.78 is 28.7. The van der Waals surface area contributed by atoms with Crippen molar-refractivity contribution < 1.29 is 13.6 Å². The van der Waals surface area contributed by atoms with Crippen LogP contribution in [0.4, 0.5) is 20.2 Å². The average Bonchev–Trinajstić information content (AvgIpc) is 2.86. The number of halogens is 2. The summed E-state index contributed by atoms with van der Waals surface area (Å²) in [5, 5.41) is 10.2. The first-order valence-electron chi connectivity index (χ1n) is 11.2. The van der Waals surface area contributed by atoms with E-state index in [-0.39, 0.29) is 6.42 Å². The van der Waals surface area contributed by atoms with Crippen LogP contribution in [0.5, 0.6) is 0 Å². The summed E-state index contributed by atoms with van der Waals surface area (Å²) in [6.45, 7) is 0.493. The van der Waals surface area contributed by atoms with Crippen LogP contribution < -0.4 is 21.7 Å². The Morgan fingerprint density at radius 2 is 2.03 bits per heavy atom. The van der Waals surface area contributed by atoms with Gasteiger partial charge in [-0.1, -0.05) is 42.5 Å². The van der Waals surface area contributed by atoms with Crippen LogP contribution in [0.15, 0.2) is 83.2 Å². The van der Waals surface area contributed by atoms with E-state index in [1.54, 1.807) is 36.6 Å². The van der Waals surface area contributed by atoms with Crippen molar-refractivity contribution in [2.24, 2.45) is 10.7 Å². The number of amides is 1. The maximum Gasteiger partial charge on any atom is 0.250 e. The number of nitrogens with one attached hydrogen (secondary N) is 3. The van der Waals surface area contributed by atoms with Crippen molar-refractivity contribution in [2.45, 2.75) is 30.8 Å². The Morgan fingerprint density at radius 1 is 1.18 bits per heavy atom. The normalized spacial score (nSPS) is 27.5. The molecule has 4 unspecified atom stereocenters. The highest BCUT2D eigenvalue weighted by molar-refractivity contribution is 5.98. The summed E-state index contributed by atoms with van der Waals surface area (Å²) in [7, 11) is 0. The number of aliphatic imine (C=N–C) groups is 1. The molecule has 2 heterocycles. The molecule has 6 nitrogen and oxygen atoms in total. The number of nitrogens with zero attached hydrogens (tertiary/aromatic N) is 1. The zero-order valence-electron chi connectivity index (χ0n) is 18.3. The van der Waals surface area contributed by atoms with Crippen molar-refractivity contribution in [3.63, 3.8) is 0 Å². The van der Waals surface area contributed by atoms with Gasteiger partial charge in [-0.3, -0.25) is 9.79 Å². The highest BCUT2D eigenvalue weighted by atomic mass is 19.2. The van der Waals surface area contributed by atoms with Gasteiger partial charge in [-0.15, -0.1) is 0 Å². The van der Waals surface area contributed by atoms with E-state index in [1.165, 1.54) is 0 Å². The van der Waals surface area contributed by atoms with Crippen molar-refractivity contribution in [3.8, 4) is 0 Å². The molecule has 0 radical (unpaired) electrons. The second kappa shape index (κ2) is 9.13. The summed E-state index contributed by atoms with van der Waals surface area (Å²) in [5.41, 5.74) is 9.79. The standard InChI is InChI=1S/C26H25F2N5O/c27-20-8-3-7-17(23(20)28)15-10-11-19-22(13-15)32-25(16-5-4-12-30-14-16)33-26(19)31-21-9-2-1-6-18(21)24(29)34/h1-7,9-13,17,20,23,26,31-33H,8,14H2,(H2,29,34). The van der Waals surface area contributed by atoms with Crippen LogP contribution in [0.1, 0.15) is 40.0 Å². The Morgan fingerprint density at radius 3 is 2.82 bits per heavy atom. The van der Waals surface area contributed by atoms with Gasteiger partial charge < -0.3 is 21.7 Å². The number of primary amides is 1. The number of carbonyl (C=O) groups is 1. The lowest BCUT2D eigenvalue weighted by Gasteiger charge is -2.34. The molecule has 2 aromatic carbocycles. The summed E-state index contributed by atoms with van der Waals surface area (Å²) in [4.78, 5) is 16.3. The minimum atomic E-state index is -1.59. The number of hydrogen-bond donors (Lipinski definition) is 4. The van der Waals surface area contributed by atoms with Crippen molar-refractivity contribution >= 4 is 23.5 Å². The molecule has 3 aliphatic rings. The highest BCUT2D eigenvalue weighted by Gasteiger charge is 2.33. The fourth-order valence-corrected chi connectivity index (χ4v) is 4.50. The molecule has 8 heteroatoms. The number of nitrogens with two attached hydrogens (primary N) is 1. The third-order valence-electron chi connectivity index (χ3n) is 6.28. The Hall–Kier alpha value is -3.94. The third-order valence-corrected chi connectivity index (χ3v) is 6.28. The zero-order valence-corrected chi connectivity index (χ0v) is 18.3. The Kier molecular flexibility index (Phi) is 5.88. The number of hydrogen-bond acceptors (Lipinski definition) is 5. The van der Waals surface area contributed by atoms with Crippen LogP contribution in [0.25, 0.3) is 0 Å². The predicted octanol–water partition coefficient (Wildman–Crippen LogP) is 4.48. The number of para-hydroxylation sites is 1. The zero-order chi connectivity index (χ0) is 23.7. The molecule has 0 saturated carbocycles. The number of alkyl halides is 2. The van der Waals surface area contributed by atoms with Crippen LogP contribution in [-0.4, -0.2) is 31.0 Å². The molecule has 2 aliphatic heterocycles. The molecule has 5 rings (SSSR count). The van der Waals surface area contributed by atoms with Gasteiger partial charge >= 0.3 is 0 Å². The first-order valence-corrected chi connectivity index (χ1v) is 11.2. The van der Waals surface area contributed by atoms with Crippen molar-refractivity contribution in [1.82, 2.24) is 5.32 Å². The molecule has 2 aromatic rings. The molecule has 0 spiro atoms. The first-order chi connectivity index (χ1) is 16.5. The maximum atomic E-state index is 14.7. The lowest BCUT2D eigenvalue weighted by Crippen LogP contribution is -2.37. The third kappa shape index (κ3) is 4.19. The molecule has 1 aliphatic carbocycles. The second-order valence-electron chi connectivity index (χ2n) is 8.50. The van der Waals surface area contributed by atoms with Crippen LogP contribution in [-0.2, 0) is 0 Å². The number of dihydropyridines is 1. The van der Waals surface area contributed by atoms with Gasteiger partial charge in [-0.25, -0.2) is 8.78 Å². The number of fused-ring (bicyclic) bond motifs is 1. The van der Waals surface area contributed by atoms with Gasteiger partial charge in [0, 0.05) is 34.6 Å². The molecule has 0 aromatic heterocycles. The van der Waals surface area contributed by atoms with E-state index in [4.69, 9.17) is 5.73 Å². The molecule has 1 amide bonds. The lowest BCUT2D eigenvalue weighted by molar-refractivity contribution is 0.100. The second-order valence-corrected chi connectivity index (χ2v) is 8.50. The molecule has 0 bridgehead atoms. The van der Waals surface area contributed by atoms with Crippen LogP contribution in [0, 0.1) is 0 Å². The molecule has 34 heavy (non-hydrogen) atoms. The van der Waals surface area contributed by atoms with Crippen molar-refractivity contribution in [2.75, 3.05) is 17.2 Å². The van der Waals surface area contributed by atoms with Gasteiger partial charge in [0.2, 0.25) is 0 Å². The van der Waals surface area contributed by atoms with Gasteiger partial charge in [0.05, 0.1) is 12.1 Å². The summed E-state index contributed by atoms with van der Waals surface area (Å²) in [6.07, 6.45) is 5.57. The molecular formula is C26H25F2N5O. The summed E-state index contributed by atoms with van der Waals surface area (Å²) in [6, 6.07) is 12.6. The molecular weight excluding hydrogens is 436 g/mol. The van der Waals surface area contributed by atoms with E-state index in [0.717, 1.165) is 22.6 Å².